The first-order valence-corrected chi connectivity index (χ1v) is 8.74. The maximum Gasteiger partial charge on any atom is 0.323 e. The van der Waals surface area contributed by atoms with E-state index in [2.05, 4.69) is 10.6 Å². The van der Waals surface area contributed by atoms with Crippen molar-refractivity contribution >= 4 is 17.4 Å². The van der Waals surface area contributed by atoms with Gasteiger partial charge in [0.2, 0.25) is 0 Å². The van der Waals surface area contributed by atoms with Crippen LogP contribution in [-0.4, -0.2) is 20.3 Å². The van der Waals surface area contributed by atoms with Crippen molar-refractivity contribution in [1.82, 2.24) is 0 Å². The maximum atomic E-state index is 12.1. The number of hydrogen-bond acceptors (Lipinski definition) is 4. The zero-order valence-electron chi connectivity index (χ0n) is 15.8. The highest BCUT2D eigenvalue weighted by Crippen LogP contribution is 2.19. The molecule has 144 valence electrons. The highest BCUT2D eigenvalue weighted by Gasteiger charge is 2.04. The molecule has 0 aliphatic rings. The molecule has 0 unspecified atom stereocenters. The van der Waals surface area contributed by atoms with Gasteiger partial charge in [-0.2, -0.15) is 0 Å². The van der Waals surface area contributed by atoms with Gasteiger partial charge in [0, 0.05) is 11.4 Å². The molecular weight excluding hydrogens is 356 g/mol. The van der Waals surface area contributed by atoms with Crippen molar-refractivity contribution in [2.45, 2.75) is 6.61 Å². The molecule has 0 radical (unpaired) electrons. The molecule has 0 saturated heterocycles. The minimum atomic E-state index is -0.324. The fourth-order valence-corrected chi connectivity index (χ4v) is 2.53. The molecule has 3 rings (SSSR count). The van der Waals surface area contributed by atoms with Crippen LogP contribution in [0.5, 0.6) is 17.2 Å². The summed E-state index contributed by atoms with van der Waals surface area (Å²) in [6, 6.07) is 21.7. The summed E-state index contributed by atoms with van der Waals surface area (Å²) in [6.07, 6.45) is 0. The summed E-state index contributed by atoms with van der Waals surface area (Å²) < 4.78 is 16.1. The fourth-order valence-electron chi connectivity index (χ4n) is 2.53. The Hall–Kier alpha value is -3.67. The molecular formula is C22H22N2O4. The van der Waals surface area contributed by atoms with Crippen LogP contribution in [0.2, 0.25) is 0 Å². The smallest absolute Gasteiger partial charge is 0.323 e. The monoisotopic (exact) mass is 378 g/mol. The Morgan fingerprint density at radius 1 is 0.750 bits per heavy atom. The van der Waals surface area contributed by atoms with Gasteiger partial charge < -0.3 is 24.8 Å². The molecule has 0 aliphatic carbocycles. The van der Waals surface area contributed by atoms with Gasteiger partial charge in [-0.25, -0.2) is 4.79 Å². The SMILES string of the molecule is COc1ccc(NC(=O)Nc2ccc(OCc3cccc(OC)c3)cc2)cc1. The molecule has 6 nitrogen and oxygen atoms in total. The summed E-state index contributed by atoms with van der Waals surface area (Å²) in [5.41, 5.74) is 2.36. The van der Waals surface area contributed by atoms with Gasteiger partial charge in [-0.15, -0.1) is 0 Å². The molecule has 2 amide bonds. The van der Waals surface area contributed by atoms with E-state index in [1.165, 1.54) is 0 Å². The van der Waals surface area contributed by atoms with Gasteiger partial charge in [-0.3, -0.25) is 0 Å². The molecule has 0 aromatic heterocycles. The Labute approximate surface area is 164 Å². The van der Waals surface area contributed by atoms with E-state index in [0.717, 1.165) is 17.1 Å². The van der Waals surface area contributed by atoms with Crippen molar-refractivity contribution in [3.8, 4) is 17.2 Å². The van der Waals surface area contributed by atoms with Gasteiger partial charge >= 0.3 is 6.03 Å². The fraction of sp³-hybridized carbons (Fsp3) is 0.136. The first kappa shape index (κ1) is 19.1. The number of ether oxygens (including phenoxy) is 3. The van der Waals surface area contributed by atoms with Crippen molar-refractivity contribution < 1.29 is 19.0 Å². The lowest BCUT2D eigenvalue weighted by atomic mass is 10.2. The van der Waals surface area contributed by atoms with E-state index in [9.17, 15) is 4.79 Å². The van der Waals surface area contributed by atoms with E-state index in [-0.39, 0.29) is 6.03 Å². The zero-order chi connectivity index (χ0) is 19.8. The largest absolute Gasteiger partial charge is 0.497 e. The number of nitrogens with one attached hydrogen (secondary N) is 2. The minimum absolute atomic E-state index is 0.324. The summed E-state index contributed by atoms with van der Waals surface area (Å²) in [7, 11) is 3.23. The molecule has 0 spiro atoms. The minimum Gasteiger partial charge on any atom is -0.497 e. The lowest BCUT2D eigenvalue weighted by Gasteiger charge is -2.10. The molecule has 3 aromatic carbocycles. The molecule has 0 bridgehead atoms. The lowest BCUT2D eigenvalue weighted by molar-refractivity contribution is 0.262. The normalized spacial score (nSPS) is 10.1. The van der Waals surface area contributed by atoms with Crippen molar-refractivity contribution in [3.05, 3.63) is 78.4 Å². The van der Waals surface area contributed by atoms with Crippen molar-refractivity contribution in [2.24, 2.45) is 0 Å². The molecule has 0 fully saturated rings. The molecule has 0 atom stereocenters. The van der Waals surface area contributed by atoms with Gasteiger partial charge in [0.05, 0.1) is 14.2 Å². The number of anilines is 2. The maximum absolute atomic E-state index is 12.1. The number of carbonyl (C=O) groups excluding carboxylic acids is 1. The Kier molecular flexibility index (Phi) is 6.36. The molecule has 6 heteroatoms. The van der Waals surface area contributed by atoms with E-state index in [0.29, 0.717) is 23.7 Å². The Balaban J connectivity index is 1.51. The second kappa shape index (κ2) is 9.32. The summed E-state index contributed by atoms with van der Waals surface area (Å²) in [4.78, 5) is 12.1. The standard InChI is InChI=1S/C22H22N2O4/c1-26-19-10-6-17(7-11-19)23-22(25)24-18-8-12-20(13-9-18)28-15-16-4-3-5-21(14-16)27-2/h3-14H,15H2,1-2H3,(H2,23,24,25). The predicted molar refractivity (Wildman–Crippen MR) is 109 cm³/mol. The Morgan fingerprint density at radius 3 is 1.89 bits per heavy atom. The van der Waals surface area contributed by atoms with Crippen molar-refractivity contribution in [3.63, 3.8) is 0 Å². The second-order valence-corrected chi connectivity index (χ2v) is 5.97. The van der Waals surface area contributed by atoms with Crippen LogP contribution in [0.1, 0.15) is 5.56 Å². The summed E-state index contributed by atoms with van der Waals surface area (Å²) >= 11 is 0. The van der Waals surface area contributed by atoms with Crippen molar-refractivity contribution in [1.29, 1.82) is 0 Å². The van der Waals surface area contributed by atoms with Gasteiger partial charge in [0.15, 0.2) is 0 Å². The number of carbonyl (C=O) groups is 1. The molecule has 0 heterocycles. The van der Waals surface area contributed by atoms with Crippen LogP contribution in [-0.2, 0) is 6.61 Å². The van der Waals surface area contributed by atoms with E-state index in [4.69, 9.17) is 14.2 Å². The van der Waals surface area contributed by atoms with Crippen LogP contribution in [0.3, 0.4) is 0 Å². The first-order chi connectivity index (χ1) is 13.7. The highest BCUT2D eigenvalue weighted by molar-refractivity contribution is 5.99. The zero-order valence-corrected chi connectivity index (χ0v) is 15.8. The van der Waals surface area contributed by atoms with Gasteiger partial charge in [0.25, 0.3) is 0 Å². The number of benzene rings is 3. The number of rotatable bonds is 7. The molecule has 0 saturated carbocycles. The van der Waals surface area contributed by atoms with Crippen molar-refractivity contribution in [2.75, 3.05) is 24.9 Å². The van der Waals surface area contributed by atoms with Crippen LogP contribution in [0.25, 0.3) is 0 Å². The topological polar surface area (TPSA) is 68.8 Å². The Bertz CT molecular complexity index is 909. The molecule has 28 heavy (non-hydrogen) atoms. The molecule has 3 aromatic rings. The highest BCUT2D eigenvalue weighted by atomic mass is 16.5. The average molecular weight is 378 g/mol. The number of amides is 2. The van der Waals surface area contributed by atoms with Gasteiger partial charge in [0.1, 0.15) is 23.9 Å². The number of methoxy groups -OCH3 is 2. The van der Waals surface area contributed by atoms with E-state index in [1.807, 2.05) is 36.4 Å². The number of hydrogen-bond donors (Lipinski definition) is 2. The third kappa shape index (κ3) is 5.41. The third-order valence-electron chi connectivity index (χ3n) is 4.00. The summed E-state index contributed by atoms with van der Waals surface area (Å²) in [5, 5.41) is 5.55. The predicted octanol–water partition coefficient (Wildman–Crippen LogP) is 4.93. The van der Waals surface area contributed by atoms with Gasteiger partial charge in [-0.1, -0.05) is 12.1 Å². The lowest BCUT2D eigenvalue weighted by Crippen LogP contribution is -2.19. The van der Waals surface area contributed by atoms with E-state index in [1.54, 1.807) is 50.6 Å². The van der Waals surface area contributed by atoms with Gasteiger partial charge in [-0.05, 0) is 66.2 Å². The summed E-state index contributed by atoms with van der Waals surface area (Å²) in [6.45, 7) is 0.432. The van der Waals surface area contributed by atoms with Crippen LogP contribution >= 0.6 is 0 Å². The Morgan fingerprint density at radius 2 is 1.32 bits per heavy atom. The van der Waals surface area contributed by atoms with Crippen LogP contribution in [0, 0.1) is 0 Å². The summed E-state index contributed by atoms with van der Waals surface area (Å²) in [5.74, 6) is 2.24. The van der Waals surface area contributed by atoms with Crippen LogP contribution < -0.4 is 24.8 Å². The van der Waals surface area contributed by atoms with Crippen LogP contribution in [0.15, 0.2) is 72.8 Å². The third-order valence-corrected chi connectivity index (χ3v) is 4.00. The first-order valence-electron chi connectivity index (χ1n) is 8.74. The average Bonchev–Trinajstić information content (AvgIpc) is 2.74. The quantitative estimate of drug-likeness (QED) is 0.612. The number of urea groups is 1. The van der Waals surface area contributed by atoms with E-state index < -0.39 is 0 Å². The van der Waals surface area contributed by atoms with E-state index >= 15 is 0 Å². The van der Waals surface area contributed by atoms with Crippen LogP contribution in [0.4, 0.5) is 16.2 Å². The molecule has 0 aliphatic heterocycles. The second-order valence-electron chi connectivity index (χ2n) is 5.97. The molecule has 2 N–H and O–H groups in total.